The van der Waals surface area contributed by atoms with Crippen LogP contribution in [0.3, 0.4) is 0 Å². The number of ether oxygens (including phenoxy) is 1. The van der Waals surface area contributed by atoms with E-state index in [-0.39, 0.29) is 39.7 Å². The maximum atomic E-state index is 11.9. The van der Waals surface area contributed by atoms with Crippen molar-refractivity contribution in [3.8, 4) is 0 Å². The molecule has 3 heteroatoms. The molecule has 0 unspecified atom stereocenters. The number of esters is 1. The fourth-order valence-electron chi connectivity index (χ4n) is 10.6. The van der Waals surface area contributed by atoms with Gasteiger partial charge in [-0.3, -0.25) is 4.79 Å². The number of allylic oxidation sites excluding steroid dienone is 2. The first-order valence-electron chi connectivity index (χ1n) is 14.0. The predicted molar refractivity (Wildman–Crippen MR) is 137 cm³/mol. The molecule has 0 radical (unpaired) electrons. The summed E-state index contributed by atoms with van der Waals surface area (Å²) in [6, 6.07) is 0. The van der Waals surface area contributed by atoms with Gasteiger partial charge in [-0.25, -0.2) is 0 Å². The Kier molecular flexibility index (Phi) is 5.40. The molecule has 0 aliphatic heterocycles. The highest BCUT2D eigenvalue weighted by Crippen LogP contribution is 2.74. The van der Waals surface area contributed by atoms with Crippen LogP contribution in [0.5, 0.6) is 0 Å². The lowest BCUT2D eigenvalue weighted by Crippen LogP contribution is -2.65. The minimum Gasteiger partial charge on any atom is -0.462 e. The fourth-order valence-corrected chi connectivity index (χ4v) is 10.6. The lowest BCUT2D eigenvalue weighted by molar-refractivity contribution is -0.214. The first-order valence-corrected chi connectivity index (χ1v) is 14.0. The molecule has 4 fully saturated rings. The van der Waals surface area contributed by atoms with Crippen molar-refractivity contribution >= 4 is 5.97 Å². The Morgan fingerprint density at radius 2 is 1.74 bits per heavy atom. The second-order valence-electron chi connectivity index (χ2n) is 14.3. The van der Waals surface area contributed by atoms with Gasteiger partial charge in [-0.15, -0.1) is 0 Å². The number of aliphatic hydroxyl groups is 1. The van der Waals surface area contributed by atoms with Gasteiger partial charge >= 0.3 is 5.97 Å². The molecule has 0 amide bonds. The molecular weight excluding hydrogens is 420 g/mol. The zero-order valence-corrected chi connectivity index (χ0v) is 22.8. The predicted octanol–water partition coefficient (Wildman–Crippen LogP) is 7.24. The summed E-state index contributed by atoms with van der Waals surface area (Å²) < 4.78 is 5.87. The van der Waals surface area contributed by atoms with E-state index in [9.17, 15) is 9.90 Å². The Bertz CT molecular complexity index is 931. The normalized spacial score (nSPS) is 51.8. The second-order valence-corrected chi connectivity index (χ2v) is 14.3. The van der Waals surface area contributed by atoms with Crippen molar-refractivity contribution in [3.63, 3.8) is 0 Å². The van der Waals surface area contributed by atoms with Gasteiger partial charge in [0.1, 0.15) is 6.10 Å². The zero-order valence-electron chi connectivity index (χ0n) is 22.8. The van der Waals surface area contributed by atoms with Crippen molar-refractivity contribution in [1.82, 2.24) is 0 Å². The Hall–Kier alpha value is -1.09. The summed E-state index contributed by atoms with van der Waals surface area (Å²) in [6.45, 7) is 20.7. The van der Waals surface area contributed by atoms with E-state index in [1.54, 1.807) is 12.5 Å². The summed E-state index contributed by atoms with van der Waals surface area (Å²) in [5, 5.41) is 11.8. The van der Waals surface area contributed by atoms with Crippen molar-refractivity contribution in [2.75, 3.05) is 0 Å². The van der Waals surface area contributed by atoms with Crippen LogP contribution in [0.4, 0.5) is 0 Å². The first kappa shape index (κ1) is 24.6. The lowest BCUT2D eigenvalue weighted by Gasteiger charge is -2.71. The molecule has 190 valence electrons. The molecule has 0 saturated heterocycles. The van der Waals surface area contributed by atoms with Gasteiger partial charge in [0, 0.05) is 18.3 Å². The highest BCUT2D eigenvalue weighted by atomic mass is 16.5. The summed E-state index contributed by atoms with van der Waals surface area (Å²) in [6.07, 6.45) is 12.1. The number of carbonyl (C=O) groups is 1. The van der Waals surface area contributed by atoms with Crippen molar-refractivity contribution in [1.29, 1.82) is 0 Å². The largest absolute Gasteiger partial charge is 0.462 e. The summed E-state index contributed by atoms with van der Waals surface area (Å²) in [7, 11) is 0. The van der Waals surface area contributed by atoms with Gasteiger partial charge < -0.3 is 9.84 Å². The summed E-state index contributed by atoms with van der Waals surface area (Å²) in [5.41, 5.74) is 2.92. The Balaban J connectivity index is 1.55. The topological polar surface area (TPSA) is 46.5 Å². The summed E-state index contributed by atoms with van der Waals surface area (Å²) >= 11 is 0. The van der Waals surface area contributed by atoms with Gasteiger partial charge in [0.25, 0.3) is 0 Å². The Morgan fingerprint density at radius 3 is 2.41 bits per heavy atom. The minimum atomic E-state index is -0.555. The van der Waals surface area contributed by atoms with Crippen LogP contribution >= 0.6 is 0 Å². The van der Waals surface area contributed by atoms with Crippen LogP contribution in [-0.4, -0.2) is 22.8 Å². The second kappa shape index (κ2) is 7.46. The van der Waals surface area contributed by atoms with Gasteiger partial charge in [-0.2, -0.15) is 0 Å². The van der Waals surface area contributed by atoms with E-state index < -0.39 is 5.60 Å². The standard InChI is InChI=1S/C31H48O3/c1-19-11-16-31(33)18-17-29(7)22(26(31)20(19)2)9-10-24-28(6)14-13-25(34-21(3)32)27(4,5)23(28)12-15-30(24,29)8/h9,20,23-26,33H,1,10-18H2,2-8H3/t20-,23-,24+,25-,26+,28-,29+,30+,31-/m0/s1. The Labute approximate surface area is 207 Å². The molecule has 0 aromatic carbocycles. The van der Waals surface area contributed by atoms with E-state index >= 15 is 0 Å². The third kappa shape index (κ3) is 3.01. The number of rotatable bonds is 1. The smallest absolute Gasteiger partial charge is 0.302 e. The molecule has 5 rings (SSSR count). The molecule has 0 spiro atoms. The molecule has 0 aromatic heterocycles. The van der Waals surface area contributed by atoms with Gasteiger partial charge in [0.05, 0.1) is 5.60 Å². The van der Waals surface area contributed by atoms with Crippen LogP contribution in [0.1, 0.15) is 106 Å². The summed E-state index contributed by atoms with van der Waals surface area (Å²) in [5.74, 6) is 1.63. The third-order valence-electron chi connectivity index (χ3n) is 12.8. The lowest BCUT2D eigenvalue weighted by atomic mass is 9.34. The zero-order chi connectivity index (χ0) is 24.9. The maximum Gasteiger partial charge on any atom is 0.302 e. The number of fused-ring (bicyclic) bond motifs is 7. The van der Waals surface area contributed by atoms with Crippen LogP contribution in [-0.2, 0) is 9.53 Å². The van der Waals surface area contributed by atoms with Crippen molar-refractivity contribution in [2.45, 2.75) is 118 Å². The third-order valence-corrected chi connectivity index (χ3v) is 12.8. The average Bonchev–Trinajstić information content (AvgIpc) is 2.74. The molecule has 5 aliphatic carbocycles. The van der Waals surface area contributed by atoms with Crippen LogP contribution in [0.15, 0.2) is 23.8 Å². The molecule has 3 nitrogen and oxygen atoms in total. The quantitative estimate of drug-likeness (QED) is 0.326. The van der Waals surface area contributed by atoms with Crippen LogP contribution in [0.2, 0.25) is 0 Å². The van der Waals surface area contributed by atoms with Gasteiger partial charge in [0.2, 0.25) is 0 Å². The van der Waals surface area contributed by atoms with E-state index in [0.717, 1.165) is 44.9 Å². The molecule has 1 N–H and O–H groups in total. The molecule has 9 atom stereocenters. The van der Waals surface area contributed by atoms with Crippen molar-refractivity contribution in [2.24, 2.45) is 45.3 Å². The average molecular weight is 469 g/mol. The van der Waals surface area contributed by atoms with E-state index in [4.69, 9.17) is 4.74 Å². The first-order chi connectivity index (χ1) is 15.7. The number of hydrogen-bond donors (Lipinski definition) is 1. The fraction of sp³-hybridized carbons (Fsp3) is 0.839. The van der Waals surface area contributed by atoms with Crippen LogP contribution in [0.25, 0.3) is 0 Å². The molecule has 5 aliphatic rings. The highest BCUT2D eigenvalue weighted by Gasteiger charge is 2.68. The van der Waals surface area contributed by atoms with Gasteiger partial charge in [-0.05, 0) is 91.8 Å². The highest BCUT2D eigenvalue weighted by molar-refractivity contribution is 5.66. The van der Waals surface area contributed by atoms with E-state index in [1.807, 2.05) is 0 Å². The monoisotopic (exact) mass is 468 g/mol. The Morgan fingerprint density at radius 1 is 1.03 bits per heavy atom. The van der Waals surface area contributed by atoms with Crippen molar-refractivity contribution in [3.05, 3.63) is 23.8 Å². The minimum absolute atomic E-state index is 0.00661. The molecular formula is C31H48O3. The van der Waals surface area contributed by atoms with Crippen LogP contribution < -0.4 is 0 Å². The summed E-state index contributed by atoms with van der Waals surface area (Å²) in [4.78, 5) is 11.9. The van der Waals surface area contributed by atoms with Gasteiger partial charge in [-0.1, -0.05) is 65.3 Å². The number of carbonyl (C=O) groups excluding carboxylic acids is 1. The molecule has 34 heavy (non-hydrogen) atoms. The van der Waals surface area contributed by atoms with E-state index in [2.05, 4.69) is 54.2 Å². The van der Waals surface area contributed by atoms with Crippen molar-refractivity contribution < 1.29 is 14.6 Å². The molecule has 4 saturated carbocycles. The maximum absolute atomic E-state index is 11.9. The molecule has 0 bridgehead atoms. The van der Waals surface area contributed by atoms with Gasteiger partial charge in [0.15, 0.2) is 0 Å². The SMILES string of the molecule is C=C1CC[C@]2(O)CC[C@]3(C)C(=CC[C@@H]4[C@@]5(C)CC[C@H](OC(C)=O)C(C)(C)[C@@H]5CC[C@]43C)[C@H]2[C@H]1C. The van der Waals surface area contributed by atoms with Crippen LogP contribution in [0, 0.1) is 45.3 Å². The van der Waals surface area contributed by atoms with E-state index in [1.165, 1.54) is 18.4 Å². The molecule has 0 heterocycles. The number of hydrogen-bond acceptors (Lipinski definition) is 3. The van der Waals surface area contributed by atoms with E-state index in [0.29, 0.717) is 17.8 Å². The molecule has 0 aromatic rings.